The first-order valence-corrected chi connectivity index (χ1v) is 7.52. The second kappa shape index (κ2) is 6.34. The van der Waals surface area contributed by atoms with E-state index in [2.05, 4.69) is 0 Å². The van der Waals surface area contributed by atoms with E-state index in [-0.39, 0.29) is 11.5 Å². The summed E-state index contributed by atoms with van der Waals surface area (Å²) in [6.45, 7) is 2.76. The summed E-state index contributed by atoms with van der Waals surface area (Å²) in [5.74, 6) is 0.152. The first kappa shape index (κ1) is 14.8. The highest BCUT2D eigenvalue weighted by Crippen LogP contribution is 2.32. The number of hydrogen-bond donors (Lipinski definition) is 0. The van der Waals surface area contributed by atoms with Gasteiger partial charge in [0, 0.05) is 0 Å². The second-order valence-electron chi connectivity index (χ2n) is 5.48. The molecule has 1 fully saturated rings. The molecule has 1 aliphatic carbocycles. The molecule has 0 aromatic heterocycles. The molecule has 2 aromatic rings. The van der Waals surface area contributed by atoms with Crippen LogP contribution >= 0.6 is 0 Å². The van der Waals surface area contributed by atoms with E-state index in [1.165, 1.54) is 12.1 Å². The lowest BCUT2D eigenvalue weighted by Crippen LogP contribution is -2.00. The Bertz CT molecular complexity index is 666. The third-order valence-electron chi connectivity index (χ3n) is 3.67. The SMILES string of the molecule is CCOc1ccc(-c2ccc(OCC3CC3)c(F)c2)cc1F. The molecular formula is C18H18F2O2. The maximum atomic E-state index is 14.1. The summed E-state index contributed by atoms with van der Waals surface area (Å²) in [7, 11) is 0. The topological polar surface area (TPSA) is 18.5 Å². The third kappa shape index (κ3) is 3.38. The maximum absolute atomic E-state index is 14.1. The molecule has 4 heteroatoms. The molecule has 3 rings (SSSR count). The van der Waals surface area contributed by atoms with E-state index in [0.29, 0.717) is 30.3 Å². The van der Waals surface area contributed by atoms with Crippen LogP contribution in [0.25, 0.3) is 11.1 Å². The van der Waals surface area contributed by atoms with Crippen LogP contribution in [-0.2, 0) is 0 Å². The number of benzene rings is 2. The van der Waals surface area contributed by atoms with Crippen molar-refractivity contribution in [2.24, 2.45) is 5.92 Å². The number of ether oxygens (including phenoxy) is 2. The van der Waals surface area contributed by atoms with Crippen molar-refractivity contribution in [1.82, 2.24) is 0 Å². The maximum Gasteiger partial charge on any atom is 0.165 e. The summed E-state index contributed by atoms with van der Waals surface area (Å²) >= 11 is 0. The molecule has 2 nitrogen and oxygen atoms in total. The zero-order chi connectivity index (χ0) is 15.5. The van der Waals surface area contributed by atoms with Crippen LogP contribution in [0.1, 0.15) is 19.8 Å². The van der Waals surface area contributed by atoms with E-state index in [0.717, 1.165) is 12.8 Å². The first-order valence-electron chi connectivity index (χ1n) is 7.52. The lowest BCUT2D eigenvalue weighted by Gasteiger charge is -2.10. The molecule has 0 radical (unpaired) electrons. The Morgan fingerprint density at radius 3 is 1.91 bits per heavy atom. The van der Waals surface area contributed by atoms with Crippen molar-refractivity contribution in [1.29, 1.82) is 0 Å². The highest BCUT2D eigenvalue weighted by atomic mass is 19.1. The van der Waals surface area contributed by atoms with E-state index in [9.17, 15) is 8.78 Å². The Labute approximate surface area is 128 Å². The van der Waals surface area contributed by atoms with Gasteiger partial charge in [0.2, 0.25) is 0 Å². The van der Waals surface area contributed by atoms with Gasteiger partial charge in [-0.25, -0.2) is 8.78 Å². The molecule has 0 atom stereocenters. The second-order valence-corrected chi connectivity index (χ2v) is 5.48. The predicted molar refractivity (Wildman–Crippen MR) is 81.2 cm³/mol. The fraction of sp³-hybridized carbons (Fsp3) is 0.333. The Balaban J connectivity index is 1.79. The molecule has 0 unspecified atom stereocenters. The van der Waals surface area contributed by atoms with Crippen LogP contribution in [0.5, 0.6) is 11.5 Å². The van der Waals surface area contributed by atoms with Gasteiger partial charge in [-0.05, 0) is 61.1 Å². The van der Waals surface area contributed by atoms with Crippen molar-refractivity contribution in [3.8, 4) is 22.6 Å². The van der Waals surface area contributed by atoms with E-state index in [1.54, 1.807) is 31.2 Å². The van der Waals surface area contributed by atoms with Crippen LogP contribution in [-0.4, -0.2) is 13.2 Å². The minimum absolute atomic E-state index is 0.205. The molecule has 116 valence electrons. The van der Waals surface area contributed by atoms with Gasteiger partial charge >= 0.3 is 0 Å². The van der Waals surface area contributed by atoms with Crippen LogP contribution in [0.15, 0.2) is 36.4 Å². The van der Waals surface area contributed by atoms with Gasteiger partial charge in [0.1, 0.15) is 0 Å². The lowest BCUT2D eigenvalue weighted by molar-refractivity contribution is 0.285. The fourth-order valence-electron chi connectivity index (χ4n) is 2.24. The molecule has 0 aliphatic heterocycles. The van der Waals surface area contributed by atoms with Gasteiger partial charge in [-0.15, -0.1) is 0 Å². The van der Waals surface area contributed by atoms with Crippen molar-refractivity contribution in [3.63, 3.8) is 0 Å². The number of hydrogen-bond acceptors (Lipinski definition) is 2. The van der Waals surface area contributed by atoms with Crippen LogP contribution in [0.3, 0.4) is 0 Å². The van der Waals surface area contributed by atoms with Gasteiger partial charge < -0.3 is 9.47 Å². The highest BCUT2D eigenvalue weighted by Gasteiger charge is 2.22. The Morgan fingerprint density at radius 1 is 0.909 bits per heavy atom. The van der Waals surface area contributed by atoms with Gasteiger partial charge in [0.05, 0.1) is 13.2 Å². The summed E-state index contributed by atoms with van der Waals surface area (Å²) in [6.07, 6.45) is 2.32. The Kier molecular flexibility index (Phi) is 4.27. The average molecular weight is 304 g/mol. The van der Waals surface area contributed by atoms with Gasteiger partial charge in [-0.3, -0.25) is 0 Å². The largest absolute Gasteiger partial charge is 0.491 e. The minimum atomic E-state index is -0.450. The molecule has 0 N–H and O–H groups in total. The standard InChI is InChI=1S/C18H18F2O2/c1-2-21-17-7-5-13(9-15(17)19)14-6-8-18(16(20)10-14)22-11-12-3-4-12/h5-10,12H,2-4,11H2,1H3. The van der Waals surface area contributed by atoms with E-state index < -0.39 is 11.6 Å². The molecule has 22 heavy (non-hydrogen) atoms. The van der Waals surface area contributed by atoms with E-state index in [1.807, 2.05) is 0 Å². The molecule has 0 heterocycles. The number of halogens is 2. The van der Waals surface area contributed by atoms with Gasteiger partial charge in [0.25, 0.3) is 0 Å². The van der Waals surface area contributed by atoms with Crippen LogP contribution in [0, 0.1) is 17.6 Å². The molecule has 0 bridgehead atoms. The van der Waals surface area contributed by atoms with Crippen molar-refractivity contribution in [2.75, 3.05) is 13.2 Å². The summed E-state index contributed by atoms with van der Waals surface area (Å²) in [4.78, 5) is 0. The molecule has 2 aromatic carbocycles. The molecule has 0 amide bonds. The monoisotopic (exact) mass is 304 g/mol. The normalized spacial score (nSPS) is 14.0. The predicted octanol–water partition coefficient (Wildman–Crippen LogP) is 4.82. The average Bonchev–Trinajstić information content (AvgIpc) is 3.32. The zero-order valence-corrected chi connectivity index (χ0v) is 12.4. The third-order valence-corrected chi connectivity index (χ3v) is 3.67. The summed E-state index contributed by atoms with van der Waals surface area (Å²) in [5, 5.41) is 0. The van der Waals surface area contributed by atoms with Crippen molar-refractivity contribution in [2.45, 2.75) is 19.8 Å². The van der Waals surface area contributed by atoms with Crippen LogP contribution in [0.4, 0.5) is 8.78 Å². The van der Waals surface area contributed by atoms with Crippen LogP contribution in [0.2, 0.25) is 0 Å². The van der Waals surface area contributed by atoms with E-state index in [4.69, 9.17) is 9.47 Å². The van der Waals surface area contributed by atoms with Crippen LogP contribution < -0.4 is 9.47 Å². The molecule has 1 saturated carbocycles. The summed E-state index contributed by atoms with van der Waals surface area (Å²) in [5.41, 5.74) is 1.21. The Morgan fingerprint density at radius 2 is 1.45 bits per heavy atom. The Hall–Kier alpha value is -2.10. The van der Waals surface area contributed by atoms with Crippen molar-refractivity contribution in [3.05, 3.63) is 48.0 Å². The molecule has 1 aliphatic rings. The molecular weight excluding hydrogens is 286 g/mol. The lowest BCUT2D eigenvalue weighted by atomic mass is 10.0. The van der Waals surface area contributed by atoms with Gasteiger partial charge in [-0.2, -0.15) is 0 Å². The van der Waals surface area contributed by atoms with Gasteiger partial charge in [-0.1, -0.05) is 12.1 Å². The minimum Gasteiger partial charge on any atom is -0.491 e. The van der Waals surface area contributed by atoms with E-state index >= 15 is 0 Å². The van der Waals surface area contributed by atoms with Gasteiger partial charge in [0.15, 0.2) is 23.1 Å². The summed E-state index contributed by atoms with van der Waals surface area (Å²) < 4.78 is 38.6. The number of rotatable bonds is 6. The molecule has 0 spiro atoms. The highest BCUT2D eigenvalue weighted by molar-refractivity contribution is 5.65. The fourth-order valence-corrected chi connectivity index (χ4v) is 2.24. The van der Waals surface area contributed by atoms with Crippen molar-refractivity contribution < 1.29 is 18.3 Å². The quantitative estimate of drug-likeness (QED) is 0.762. The van der Waals surface area contributed by atoms with Crippen molar-refractivity contribution >= 4 is 0 Å². The molecule has 0 saturated heterocycles. The zero-order valence-electron chi connectivity index (χ0n) is 12.4. The summed E-state index contributed by atoms with van der Waals surface area (Å²) in [6, 6.07) is 9.33. The first-order chi connectivity index (χ1) is 10.7. The smallest absolute Gasteiger partial charge is 0.165 e.